The lowest BCUT2D eigenvalue weighted by Gasteiger charge is -2.24. The standard InChI is InChI=1S/C15H16N2O2S/c18-14(19)7-9-17-8-6-12-13(10-17)20-15(16-12)11-4-2-1-3-5-11/h1-5H,6-10H2,(H,18,19). The summed E-state index contributed by atoms with van der Waals surface area (Å²) in [5, 5.41) is 9.82. The first-order chi connectivity index (χ1) is 9.72. The molecule has 5 heteroatoms. The van der Waals surface area contributed by atoms with Gasteiger partial charge >= 0.3 is 5.97 Å². The summed E-state index contributed by atoms with van der Waals surface area (Å²) in [7, 11) is 0. The minimum atomic E-state index is -0.731. The van der Waals surface area contributed by atoms with Crippen molar-refractivity contribution in [1.29, 1.82) is 0 Å². The van der Waals surface area contributed by atoms with Gasteiger partial charge in [-0.3, -0.25) is 9.69 Å². The van der Waals surface area contributed by atoms with Crippen molar-refractivity contribution in [2.24, 2.45) is 0 Å². The first-order valence-electron chi connectivity index (χ1n) is 6.70. The van der Waals surface area contributed by atoms with Crippen LogP contribution in [0, 0.1) is 0 Å². The molecule has 0 bridgehead atoms. The Morgan fingerprint density at radius 1 is 1.35 bits per heavy atom. The van der Waals surface area contributed by atoms with E-state index in [2.05, 4.69) is 17.0 Å². The SMILES string of the molecule is O=C(O)CCN1CCc2nc(-c3ccccc3)sc2C1. The number of carboxylic acid groups (broad SMARTS) is 1. The lowest BCUT2D eigenvalue weighted by molar-refractivity contribution is -0.137. The van der Waals surface area contributed by atoms with Crippen LogP contribution in [-0.2, 0) is 17.8 Å². The molecule has 0 fully saturated rings. The molecule has 20 heavy (non-hydrogen) atoms. The predicted octanol–water partition coefficient (Wildman–Crippen LogP) is 2.64. The number of carboxylic acids is 1. The molecule has 1 aromatic carbocycles. The Bertz CT molecular complexity index is 610. The molecule has 0 amide bonds. The normalized spacial score (nSPS) is 15.0. The Balaban J connectivity index is 1.74. The average molecular weight is 288 g/mol. The van der Waals surface area contributed by atoms with Crippen LogP contribution in [0.5, 0.6) is 0 Å². The summed E-state index contributed by atoms with van der Waals surface area (Å²) in [4.78, 5) is 18.8. The largest absolute Gasteiger partial charge is 0.481 e. The van der Waals surface area contributed by atoms with E-state index >= 15 is 0 Å². The highest BCUT2D eigenvalue weighted by Crippen LogP contribution is 2.31. The second-order valence-electron chi connectivity index (χ2n) is 4.92. The van der Waals surface area contributed by atoms with Crippen LogP contribution in [0.2, 0.25) is 0 Å². The van der Waals surface area contributed by atoms with Crippen molar-refractivity contribution in [3.63, 3.8) is 0 Å². The molecule has 4 nitrogen and oxygen atoms in total. The summed E-state index contributed by atoms with van der Waals surface area (Å²) in [6.45, 7) is 2.35. The summed E-state index contributed by atoms with van der Waals surface area (Å²) in [6, 6.07) is 10.2. The van der Waals surface area contributed by atoms with Gasteiger partial charge in [0.05, 0.1) is 12.1 Å². The van der Waals surface area contributed by atoms with Crippen LogP contribution in [0.1, 0.15) is 17.0 Å². The highest BCUT2D eigenvalue weighted by atomic mass is 32.1. The van der Waals surface area contributed by atoms with E-state index < -0.39 is 5.97 Å². The zero-order valence-electron chi connectivity index (χ0n) is 11.1. The van der Waals surface area contributed by atoms with Gasteiger partial charge in [0, 0.05) is 36.5 Å². The molecule has 1 N–H and O–H groups in total. The van der Waals surface area contributed by atoms with Crippen LogP contribution in [0.25, 0.3) is 10.6 Å². The van der Waals surface area contributed by atoms with E-state index in [1.165, 1.54) is 10.6 Å². The molecular weight excluding hydrogens is 272 g/mol. The number of fused-ring (bicyclic) bond motifs is 1. The van der Waals surface area contributed by atoms with Gasteiger partial charge in [0.15, 0.2) is 0 Å². The van der Waals surface area contributed by atoms with Crippen LogP contribution in [0.15, 0.2) is 30.3 Å². The molecular formula is C15H16N2O2S. The van der Waals surface area contributed by atoms with Crippen molar-refractivity contribution in [3.05, 3.63) is 40.9 Å². The zero-order valence-corrected chi connectivity index (χ0v) is 11.9. The quantitative estimate of drug-likeness (QED) is 0.939. The molecule has 0 unspecified atom stereocenters. The Morgan fingerprint density at radius 3 is 2.90 bits per heavy atom. The minimum Gasteiger partial charge on any atom is -0.481 e. The Labute approximate surface area is 121 Å². The molecule has 2 aromatic rings. The fourth-order valence-corrected chi connectivity index (χ4v) is 3.55. The summed E-state index contributed by atoms with van der Waals surface area (Å²) < 4.78 is 0. The smallest absolute Gasteiger partial charge is 0.304 e. The Hall–Kier alpha value is -1.72. The van der Waals surface area contributed by atoms with E-state index in [-0.39, 0.29) is 6.42 Å². The van der Waals surface area contributed by atoms with Gasteiger partial charge < -0.3 is 5.11 Å². The number of benzene rings is 1. The number of rotatable bonds is 4. The van der Waals surface area contributed by atoms with Gasteiger partial charge in [-0.25, -0.2) is 4.98 Å². The van der Waals surface area contributed by atoms with Gasteiger partial charge in [-0.2, -0.15) is 0 Å². The maximum absolute atomic E-state index is 10.6. The van der Waals surface area contributed by atoms with Gasteiger partial charge in [-0.15, -0.1) is 11.3 Å². The van der Waals surface area contributed by atoms with E-state index in [1.54, 1.807) is 11.3 Å². The number of hydrogen-bond donors (Lipinski definition) is 1. The van der Waals surface area contributed by atoms with Crippen LogP contribution in [0.3, 0.4) is 0 Å². The summed E-state index contributed by atoms with van der Waals surface area (Å²) in [5.41, 5.74) is 2.34. The van der Waals surface area contributed by atoms with Crippen molar-refractivity contribution < 1.29 is 9.90 Å². The third kappa shape index (κ3) is 2.89. The summed E-state index contributed by atoms with van der Waals surface area (Å²) in [6.07, 6.45) is 1.12. The predicted molar refractivity (Wildman–Crippen MR) is 78.8 cm³/mol. The van der Waals surface area contributed by atoms with Crippen LogP contribution in [0.4, 0.5) is 0 Å². The minimum absolute atomic E-state index is 0.208. The van der Waals surface area contributed by atoms with Gasteiger partial charge in [-0.1, -0.05) is 30.3 Å². The average Bonchev–Trinajstić information content (AvgIpc) is 2.89. The van der Waals surface area contributed by atoms with Crippen LogP contribution < -0.4 is 0 Å². The monoisotopic (exact) mass is 288 g/mol. The molecule has 0 atom stereocenters. The van der Waals surface area contributed by atoms with Gasteiger partial charge in [0.2, 0.25) is 0 Å². The molecule has 0 saturated carbocycles. The van der Waals surface area contributed by atoms with E-state index in [9.17, 15) is 4.79 Å². The maximum Gasteiger partial charge on any atom is 0.304 e. The van der Waals surface area contributed by atoms with Gasteiger partial charge in [-0.05, 0) is 0 Å². The molecule has 1 aliphatic heterocycles. The van der Waals surface area contributed by atoms with E-state index in [1.807, 2.05) is 18.2 Å². The number of thiazole rings is 1. The lowest BCUT2D eigenvalue weighted by Crippen LogP contribution is -2.31. The molecule has 0 aliphatic carbocycles. The number of hydrogen-bond acceptors (Lipinski definition) is 4. The lowest BCUT2D eigenvalue weighted by atomic mass is 10.1. The molecule has 0 saturated heterocycles. The first kappa shape index (κ1) is 13.3. The molecule has 0 radical (unpaired) electrons. The second-order valence-corrected chi connectivity index (χ2v) is 6.01. The first-order valence-corrected chi connectivity index (χ1v) is 7.52. The van der Waals surface area contributed by atoms with Crippen LogP contribution >= 0.6 is 11.3 Å². The Morgan fingerprint density at radius 2 is 2.15 bits per heavy atom. The van der Waals surface area contributed by atoms with Crippen molar-refractivity contribution >= 4 is 17.3 Å². The fraction of sp³-hybridized carbons (Fsp3) is 0.333. The molecule has 1 aliphatic rings. The summed E-state index contributed by atoms with van der Waals surface area (Å²) in [5.74, 6) is -0.731. The van der Waals surface area contributed by atoms with Crippen molar-refractivity contribution in [1.82, 2.24) is 9.88 Å². The maximum atomic E-state index is 10.6. The topological polar surface area (TPSA) is 53.4 Å². The van der Waals surface area contributed by atoms with Crippen molar-refractivity contribution in [2.45, 2.75) is 19.4 Å². The molecule has 1 aromatic heterocycles. The van der Waals surface area contributed by atoms with Crippen molar-refractivity contribution in [3.8, 4) is 10.6 Å². The third-order valence-electron chi connectivity index (χ3n) is 3.47. The Kier molecular flexibility index (Phi) is 3.80. The third-order valence-corrected chi connectivity index (χ3v) is 4.60. The number of aliphatic carboxylic acids is 1. The fourth-order valence-electron chi connectivity index (χ4n) is 2.40. The van der Waals surface area contributed by atoms with E-state index in [0.29, 0.717) is 6.54 Å². The van der Waals surface area contributed by atoms with E-state index in [0.717, 1.165) is 30.1 Å². The van der Waals surface area contributed by atoms with Crippen LogP contribution in [-0.4, -0.2) is 34.0 Å². The number of nitrogens with zero attached hydrogens (tertiary/aromatic N) is 2. The van der Waals surface area contributed by atoms with Gasteiger partial charge in [0.1, 0.15) is 5.01 Å². The summed E-state index contributed by atoms with van der Waals surface area (Å²) >= 11 is 1.73. The van der Waals surface area contributed by atoms with Crippen molar-refractivity contribution in [2.75, 3.05) is 13.1 Å². The van der Waals surface area contributed by atoms with Gasteiger partial charge in [0.25, 0.3) is 0 Å². The molecule has 104 valence electrons. The highest BCUT2D eigenvalue weighted by Gasteiger charge is 2.21. The zero-order chi connectivity index (χ0) is 13.9. The second kappa shape index (κ2) is 5.73. The number of carbonyl (C=O) groups is 1. The van der Waals surface area contributed by atoms with E-state index in [4.69, 9.17) is 10.1 Å². The molecule has 3 rings (SSSR count). The molecule has 2 heterocycles. The highest BCUT2D eigenvalue weighted by molar-refractivity contribution is 7.15. The number of aromatic nitrogens is 1. The molecule has 0 spiro atoms.